The van der Waals surface area contributed by atoms with Crippen molar-refractivity contribution >= 4 is 17.6 Å². The Balaban J connectivity index is 2.49. The molecule has 0 radical (unpaired) electrons. The number of carboxylic acid groups (broad SMARTS) is 1. The van der Waals surface area contributed by atoms with E-state index in [0.29, 0.717) is 6.07 Å². The fourth-order valence-corrected chi connectivity index (χ4v) is 1.64. The van der Waals surface area contributed by atoms with Gasteiger partial charge in [-0.05, 0) is 24.3 Å². The highest BCUT2D eigenvalue weighted by Crippen LogP contribution is 2.33. The lowest BCUT2D eigenvalue weighted by Crippen LogP contribution is -2.11. The van der Waals surface area contributed by atoms with Crippen LogP contribution in [0, 0.1) is 0 Å². The number of alkyl halides is 3. The first-order chi connectivity index (χ1) is 9.79. The van der Waals surface area contributed by atoms with E-state index in [4.69, 9.17) is 21.4 Å². The number of carbonyl (C=O) groups is 1. The van der Waals surface area contributed by atoms with Gasteiger partial charge in [-0.2, -0.15) is 13.2 Å². The Morgan fingerprint density at radius 1 is 1.19 bits per heavy atom. The maximum Gasteiger partial charge on any atom is 0.433 e. The molecule has 2 aromatic rings. The molecule has 8 heteroatoms. The number of carboxylic acids is 1. The Kier molecular flexibility index (Phi) is 4.04. The molecule has 1 heterocycles. The number of halogens is 4. The molecule has 0 aliphatic rings. The van der Waals surface area contributed by atoms with Crippen LogP contribution in [0.4, 0.5) is 13.2 Å². The highest BCUT2D eigenvalue weighted by molar-refractivity contribution is 6.32. The first-order valence-electron chi connectivity index (χ1n) is 5.53. The molecule has 0 atom stereocenters. The Morgan fingerprint density at radius 3 is 2.43 bits per heavy atom. The molecular weight excluding hydrogens is 311 g/mol. The van der Waals surface area contributed by atoms with E-state index in [9.17, 15) is 18.0 Å². The van der Waals surface area contributed by atoms with Gasteiger partial charge in [-0.15, -0.1) is 0 Å². The van der Waals surface area contributed by atoms with Gasteiger partial charge in [0, 0.05) is 0 Å². The van der Waals surface area contributed by atoms with Crippen molar-refractivity contribution in [1.82, 2.24) is 4.98 Å². The average molecular weight is 318 g/mol. The molecule has 0 saturated heterocycles. The molecule has 110 valence electrons. The van der Waals surface area contributed by atoms with Crippen molar-refractivity contribution < 1.29 is 27.8 Å². The number of nitrogens with zero attached hydrogens (tertiary/aromatic N) is 1. The summed E-state index contributed by atoms with van der Waals surface area (Å²) in [4.78, 5) is 14.2. The van der Waals surface area contributed by atoms with Gasteiger partial charge in [0.15, 0.2) is 0 Å². The topological polar surface area (TPSA) is 59.4 Å². The third-order valence-electron chi connectivity index (χ3n) is 2.42. The second-order valence-corrected chi connectivity index (χ2v) is 4.29. The summed E-state index contributed by atoms with van der Waals surface area (Å²) in [6, 6.07) is 7.32. The average Bonchev–Trinajstić information content (AvgIpc) is 2.40. The monoisotopic (exact) mass is 317 g/mol. The van der Waals surface area contributed by atoms with E-state index in [-0.39, 0.29) is 10.8 Å². The van der Waals surface area contributed by atoms with Crippen LogP contribution in [0.15, 0.2) is 36.4 Å². The lowest BCUT2D eigenvalue weighted by Gasteiger charge is -2.12. The van der Waals surface area contributed by atoms with Crippen LogP contribution in [0.2, 0.25) is 5.02 Å². The molecule has 1 aromatic carbocycles. The van der Waals surface area contributed by atoms with Gasteiger partial charge >= 0.3 is 12.1 Å². The maximum absolute atomic E-state index is 12.6. The number of pyridine rings is 1. The van der Waals surface area contributed by atoms with Crippen LogP contribution >= 0.6 is 11.6 Å². The summed E-state index contributed by atoms with van der Waals surface area (Å²) in [5.74, 6) is -2.13. The van der Waals surface area contributed by atoms with E-state index in [2.05, 4.69) is 4.98 Å². The van der Waals surface area contributed by atoms with Gasteiger partial charge in [-0.1, -0.05) is 23.7 Å². The normalized spacial score (nSPS) is 11.2. The smallest absolute Gasteiger partial charge is 0.433 e. The predicted octanol–water partition coefficient (Wildman–Crippen LogP) is 4.24. The van der Waals surface area contributed by atoms with Crippen LogP contribution in [-0.4, -0.2) is 16.1 Å². The lowest BCUT2D eigenvalue weighted by atomic mass is 10.2. The summed E-state index contributed by atoms with van der Waals surface area (Å²) in [5.41, 5.74) is -1.75. The molecule has 0 aliphatic heterocycles. The summed E-state index contributed by atoms with van der Waals surface area (Å²) in [6.07, 6.45) is -4.71. The quantitative estimate of drug-likeness (QED) is 0.919. The predicted molar refractivity (Wildman–Crippen MR) is 67.7 cm³/mol. The van der Waals surface area contributed by atoms with E-state index in [1.165, 1.54) is 18.2 Å². The maximum atomic E-state index is 12.6. The van der Waals surface area contributed by atoms with E-state index < -0.39 is 29.3 Å². The molecule has 0 amide bonds. The minimum atomic E-state index is -4.71. The second kappa shape index (κ2) is 5.61. The van der Waals surface area contributed by atoms with Crippen molar-refractivity contribution in [2.24, 2.45) is 0 Å². The van der Waals surface area contributed by atoms with Gasteiger partial charge < -0.3 is 9.84 Å². The molecule has 0 aliphatic carbocycles. The molecule has 0 spiro atoms. The van der Waals surface area contributed by atoms with Gasteiger partial charge in [0.05, 0.1) is 5.02 Å². The van der Waals surface area contributed by atoms with Crippen molar-refractivity contribution in [2.75, 3.05) is 0 Å². The van der Waals surface area contributed by atoms with Gasteiger partial charge in [-0.25, -0.2) is 9.78 Å². The number of benzene rings is 1. The standard InChI is InChI=1S/C13H7ClF3NO3/c14-8-3-1-2-4-9(8)21-11-7(12(19)20)5-6-10(18-11)13(15,16)17/h1-6H,(H,19,20). The van der Waals surface area contributed by atoms with Crippen LogP contribution in [0.3, 0.4) is 0 Å². The first kappa shape index (κ1) is 15.1. The molecule has 1 N–H and O–H groups in total. The van der Waals surface area contributed by atoms with Crippen LogP contribution in [0.25, 0.3) is 0 Å². The summed E-state index contributed by atoms with van der Waals surface area (Å²) in [7, 11) is 0. The van der Waals surface area contributed by atoms with Crippen LogP contribution in [0.5, 0.6) is 11.6 Å². The highest BCUT2D eigenvalue weighted by Gasteiger charge is 2.34. The minimum Gasteiger partial charge on any atom is -0.477 e. The molecular formula is C13H7ClF3NO3. The van der Waals surface area contributed by atoms with Crippen molar-refractivity contribution in [3.8, 4) is 11.6 Å². The number of para-hydroxylation sites is 1. The number of rotatable bonds is 3. The van der Waals surface area contributed by atoms with E-state index in [0.717, 1.165) is 6.07 Å². The lowest BCUT2D eigenvalue weighted by molar-refractivity contribution is -0.141. The van der Waals surface area contributed by atoms with Crippen LogP contribution in [0.1, 0.15) is 16.1 Å². The zero-order chi connectivity index (χ0) is 15.6. The zero-order valence-electron chi connectivity index (χ0n) is 10.2. The Morgan fingerprint density at radius 2 is 1.86 bits per heavy atom. The van der Waals surface area contributed by atoms with E-state index >= 15 is 0 Å². The zero-order valence-corrected chi connectivity index (χ0v) is 10.9. The minimum absolute atomic E-state index is 0.00786. The van der Waals surface area contributed by atoms with E-state index in [1.807, 2.05) is 0 Å². The number of aromatic carboxylic acids is 1. The molecule has 2 rings (SSSR count). The Hall–Kier alpha value is -2.28. The largest absolute Gasteiger partial charge is 0.477 e. The number of hydrogen-bond acceptors (Lipinski definition) is 3. The molecule has 1 aromatic heterocycles. The second-order valence-electron chi connectivity index (χ2n) is 3.88. The van der Waals surface area contributed by atoms with Crippen molar-refractivity contribution in [2.45, 2.75) is 6.18 Å². The summed E-state index contributed by atoms with van der Waals surface area (Å²) >= 11 is 5.81. The molecule has 4 nitrogen and oxygen atoms in total. The van der Waals surface area contributed by atoms with Gasteiger partial charge in [0.25, 0.3) is 0 Å². The van der Waals surface area contributed by atoms with Crippen LogP contribution in [-0.2, 0) is 6.18 Å². The first-order valence-corrected chi connectivity index (χ1v) is 5.91. The van der Waals surface area contributed by atoms with Gasteiger partial charge in [0.1, 0.15) is 17.0 Å². The number of aromatic nitrogens is 1. The molecule has 0 fully saturated rings. The van der Waals surface area contributed by atoms with E-state index in [1.54, 1.807) is 6.07 Å². The Labute approximate surface area is 121 Å². The number of ether oxygens (including phenoxy) is 1. The fraction of sp³-hybridized carbons (Fsp3) is 0.0769. The fourth-order valence-electron chi connectivity index (χ4n) is 1.47. The van der Waals surface area contributed by atoms with Gasteiger partial charge in [-0.3, -0.25) is 0 Å². The summed E-state index contributed by atoms with van der Waals surface area (Å²) < 4.78 is 43.0. The number of hydrogen-bond donors (Lipinski definition) is 1. The third kappa shape index (κ3) is 3.43. The molecule has 21 heavy (non-hydrogen) atoms. The van der Waals surface area contributed by atoms with Crippen LogP contribution < -0.4 is 4.74 Å². The van der Waals surface area contributed by atoms with Gasteiger partial charge in [0.2, 0.25) is 5.88 Å². The summed E-state index contributed by atoms with van der Waals surface area (Å²) in [6.45, 7) is 0. The molecule has 0 saturated carbocycles. The Bertz CT molecular complexity index is 689. The summed E-state index contributed by atoms with van der Waals surface area (Å²) in [5, 5.41) is 9.09. The van der Waals surface area contributed by atoms with Crippen molar-refractivity contribution in [1.29, 1.82) is 0 Å². The SMILES string of the molecule is O=C(O)c1ccc(C(F)(F)F)nc1Oc1ccccc1Cl. The van der Waals surface area contributed by atoms with Crippen molar-refractivity contribution in [3.05, 3.63) is 52.7 Å². The molecule has 0 bridgehead atoms. The highest BCUT2D eigenvalue weighted by atomic mass is 35.5. The van der Waals surface area contributed by atoms with Crippen molar-refractivity contribution in [3.63, 3.8) is 0 Å². The molecule has 0 unspecified atom stereocenters. The third-order valence-corrected chi connectivity index (χ3v) is 2.74.